The molecule has 0 saturated heterocycles. The van der Waals surface area contributed by atoms with Gasteiger partial charge in [-0.2, -0.15) is 0 Å². The van der Waals surface area contributed by atoms with E-state index in [1.807, 2.05) is 78.9 Å². The zero-order valence-corrected chi connectivity index (χ0v) is 15.7. The fourth-order valence-corrected chi connectivity index (χ4v) is 6.70. The summed E-state index contributed by atoms with van der Waals surface area (Å²) in [5, 5.41) is 2.47. The Morgan fingerprint density at radius 2 is 1.14 bits per heavy atom. The maximum Gasteiger partial charge on any atom is 0.172 e. The lowest BCUT2D eigenvalue weighted by Gasteiger charge is -2.21. The van der Waals surface area contributed by atoms with Gasteiger partial charge in [-0.3, -0.25) is 0 Å². The SMILES string of the molecule is O=P(c1ccccc1)(c1ccccc1)c1cccc(Br)c1Br. The number of halogens is 2. The summed E-state index contributed by atoms with van der Waals surface area (Å²) in [5.74, 6) is 0. The first-order chi connectivity index (χ1) is 10.6. The molecule has 3 aromatic carbocycles. The Kier molecular flexibility index (Phi) is 4.67. The molecule has 0 amide bonds. The van der Waals surface area contributed by atoms with Gasteiger partial charge in [-0.25, -0.2) is 0 Å². The van der Waals surface area contributed by atoms with Crippen molar-refractivity contribution in [3.63, 3.8) is 0 Å². The molecule has 0 saturated carbocycles. The van der Waals surface area contributed by atoms with E-state index in [1.54, 1.807) is 0 Å². The van der Waals surface area contributed by atoms with E-state index in [-0.39, 0.29) is 0 Å². The Hall–Kier alpha value is -1.15. The van der Waals surface area contributed by atoms with Crippen molar-refractivity contribution in [3.8, 4) is 0 Å². The zero-order valence-electron chi connectivity index (χ0n) is 11.6. The molecule has 0 heterocycles. The van der Waals surface area contributed by atoms with E-state index in [9.17, 15) is 4.57 Å². The van der Waals surface area contributed by atoms with E-state index in [0.717, 1.165) is 24.9 Å². The Labute approximate surface area is 147 Å². The van der Waals surface area contributed by atoms with Crippen LogP contribution in [0.1, 0.15) is 0 Å². The third-order valence-corrected chi connectivity index (χ3v) is 8.97. The van der Waals surface area contributed by atoms with Gasteiger partial charge in [0.1, 0.15) is 0 Å². The highest BCUT2D eigenvalue weighted by atomic mass is 79.9. The molecule has 0 fully saturated rings. The Balaban J connectivity index is 2.34. The van der Waals surface area contributed by atoms with Crippen molar-refractivity contribution in [3.05, 3.63) is 87.8 Å². The van der Waals surface area contributed by atoms with Gasteiger partial charge >= 0.3 is 0 Å². The highest BCUT2D eigenvalue weighted by Gasteiger charge is 2.31. The van der Waals surface area contributed by atoms with Gasteiger partial charge in [-0.1, -0.05) is 66.7 Å². The molecule has 3 aromatic rings. The van der Waals surface area contributed by atoms with Crippen molar-refractivity contribution < 1.29 is 4.57 Å². The third kappa shape index (κ3) is 2.74. The lowest BCUT2D eigenvalue weighted by Crippen LogP contribution is -2.25. The van der Waals surface area contributed by atoms with Gasteiger partial charge in [-0.15, -0.1) is 0 Å². The molecule has 0 bridgehead atoms. The molecule has 0 atom stereocenters. The van der Waals surface area contributed by atoms with Gasteiger partial charge in [0.15, 0.2) is 7.14 Å². The molecular weight excluding hydrogens is 423 g/mol. The van der Waals surface area contributed by atoms with Gasteiger partial charge in [0.05, 0.1) is 0 Å². The van der Waals surface area contributed by atoms with Crippen LogP contribution >= 0.6 is 39.0 Å². The van der Waals surface area contributed by atoms with Crippen LogP contribution in [0.2, 0.25) is 0 Å². The fourth-order valence-electron chi connectivity index (χ4n) is 2.44. The number of benzene rings is 3. The van der Waals surface area contributed by atoms with Crippen molar-refractivity contribution in [1.29, 1.82) is 0 Å². The van der Waals surface area contributed by atoms with E-state index in [0.29, 0.717) is 0 Å². The first-order valence-electron chi connectivity index (χ1n) is 6.80. The van der Waals surface area contributed by atoms with Crippen LogP contribution in [0.4, 0.5) is 0 Å². The van der Waals surface area contributed by atoms with Crippen molar-refractivity contribution >= 4 is 54.9 Å². The standard InChI is InChI=1S/C18H13Br2OP/c19-16-12-7-13-17(18(16)20)22(21,14-8-3-1-4-9-14)15-10-5-2-6-11-15/h1-13H. The summed E-state index contributed by atoms with van der Waals surface area (Å²) < 4.78 is 15.9. The summed E-state index contributed by atoms with van der Waals surface area (Å²) in [4.78, 5) is 0. The molecule has 4 heteroatoms. The molecule has 0 radical (unpaired) electrons. The Morgan fingerprint density at radius 1 is 0.636 bits per heavy atom. The van der Waals surface area contributed by atoms with Crippen molar-refractivity contribution in [2.75, 3.05) is 0 Å². The van der Waals surface area contributed by atoms with Crippen LogP contribution in [-0.2, 0) is 4.57 Å². The third-order valence-electron chi connectivity index (χ3n) is 3.51. The monoisotopic (exact) mass is 434 g/mol. The van der Waals surface area contributed by atoms with Crippen LogP contribution in [0, 0.1) is 0 Å². The average Bonchev–Trinajstić information content (AvgIpc) is 2.58. The number of hydrogen-bond donors (Lipinski definition) is 0. The van der Waals surface area contributed by atoms with Gasteiger partial charge in [0.25, 0.3) is 0 Å². The van der Waals surface area contributed by atoms with Gasteiger partial charge in [0, 0.05) is 24.9 Å². The second kappa shape index (κ2) is 6.54. The van der Waals surface area contributed by atoms with E-state index >= 15 is 0 Å². The van der Waals surface area contributed by atoms with Crippen LogP contribution in [0.25, 0.3) is 0 Å². The smallest absolute Gasteiger partial charge is 0.172 e. The molecule has 110 valence electrons. The molecule has 22 heavy (non-hydrogen) atoms. The lowest BCUT2D eigenvalue weighted by atomic mass is 10.4. The quantitative estimate of drug-likeness (QED) is 0.537. The summed E-state index contributed by atoms with van der Waals surface area (Å²) in [6.07, 6.45) is 0. The normalized spacial score (nSPS) is 11.4. The van der Waals surface area contributed by atoms with E-state index in [2.05, 4.69) is 31.9 Å². The second-order valence-corrected chi connectivity index (χ2v) is 9.23. The first kappa shape index (κ1) is 15.7. The largest absolute Gasteiger partial charge is 0.309 e. The van der Waals surface area contributed by atoms with Crippen molar-refractivity contribution in [1.82, 2.24) is 0 Å². The summed E-state index contributed by atoms with van der Waals surface area (Å²) in [6.45, 7) is 0. The van der Waals surface area contributed by atoms with Crippen LogP contribution in [-0.4, -0.2) is 0 Å². The predicted octanol–water partition coefficient (Wildman–Crippen LogP) is 4.85. The molecular formula is C18H13Br2OP. The van der Waals surface area contributed by atoms with E-state index in [4.69, 9.17) is 0 Å². The molecule has 0 spiro atoms. The Bertz CT molecular complexity index is 789. The highest BCUT2D eigenvalue weighted by molar-refractivity contribution is 9.13. The average molecular weight is 436 g/mol. The fraction of sp³-hybridized carbons (Fsp3) is 0. The maximum atomic E-state index is 14.1. The molecule has 0 aliphatic rings. The predicted molar refractivity (Wildman–Crippen MR) is 101 cm³/mol. The van der Waals surface area contributed by atoms with Gasteiger partial charge in [-0.05, 0) is 44.0 Å². The van der Waals surface area contributed by atoms with Crippen LogP contribution in [0.15, 0.2) is 87.8 Å². The lowest BCUT2D eigenvalue weighted by molar-refractivity contribution is 0.592. The number of rotatable bonds is 3. The summed E-state index contributed by atoms with van der Waals surface area (Å²) in [5.41, 5.74) is 0. The van der Waals surface area contributed by atoms with Crippen LogP contribution in [0.5, 0.6) is 0 Å². The molecule has 3 rings (SSSR count). The first-order valence-corrected chi connectivity index (χ1v) is 10.1. The minimum Gasteiger partial charge on any atom is -0.309 e. The van der Waals surface area contributed by atoms with Crippen molar-refractivity contribution in [2.45, 2.75) is 0 Å². The highest BCUT2D eigenvalue weighted by Crippen LogP contribution is 2.45. The summed E-state index contributed by atoms with van der Waals surface area (Å²) in [6, 6.07) is 25.1. The molecule has 0 N–H and O–H groups in total. The topological polar surface area (TPSA) is 17.1 Å². The van der Waals surface area contributed by atoms with Gasteiger partial charge < -0.3 is 4.57 Å². The number of hydrogen-bond acceptors (Lipinski definition) is 1. The summed E-state index contributed by atoms with van der Waals surface area (Å²) >= 11 is 7.11. The molecule has 0 unspecified atom stereocenters. The van der Waals surface area contributed by atoms with Crippen LogP contribution in [0.3, 0.4) is 0 Å². The van der Waals surface area contributed by atoms with E-state index < -0.39 is 7.14 Å². The van der Waals surface area contributed by atoms with Crippen molar-refractivity contribution in [2.24, 2.45) is 0 Å². The minimum absolute atomic E-state index is 0.805. The summed E-state index contributed by atoms with van der Waals surface area (Å²) in [7, 11) is -2.92. The second-order valence-electron chi connectivity index (χ2n) is 4.85. The minimum atomic E-state index is -2.92. The molecule has 0 aliphatic carbocycles. The molecule has 0 aliphatic heterocycles. The molecule has 0 aromatic heterocycles. The van der Waals surface area contributed by atoms with E-state index in [1.165, 1.54) is 0 Å². The molecule has 1 nitrogen and oxygen atoms in total. The van der Waals surface area contributed by atoms with Gasteiger partial charge in [0.2, 0.25) is 0 Å². The Morgan fingerprint density at radius 3 is 1.64 bits per heavy atom. The van der Waals surface area contributed by atoms with Crippen LogP contribution < -0.4 is 15.9 Å². The maximum absolute atomic E-state index is 14.1. The zero-order chi connectivity index (χ0) is 15.6.